The van der Waals surface area contributed by atoms with Crippen LogP contribution in [0, 0.1) is 11.8 Å². The lowest BCUT2D eigenvalue weighted by atomic mass is 9.94. The molecule has 6 nitrogen and oxygen atoms in total. The maximum absolute atomic E-state index is 11.1. The molecule has 4 unspecified atom stereocenters. The molecule has 0 spiro atoms. The van der Waals surface area contributed by atoms with Crippen LogP contribution in [0.1, 0.15) is 169 Å². The molecule has 0 aliphatic rings. The molecule has 0 aromatic carbocycles. The lowest BCUT2D eigenvalue weighted by Crippen LogP contribution is -2.43. The highest BCUT2D eigenvalue weighted by Crippen LogP contribution is 2.19. The number of unbranched alkanes of at least 4 members (excludes halogenated alkanes) is 18. The fraction of sp³-hybridized carbons (Fsp3) is 1.00. The Morgan fingerprint density at radius 2 is 0.867 bits per heavy atom. The molecule has 0 amide bonds. The van der Waals surface area contributed by atoms with Gasteiger partial charge in [0.25, 0.3) is 0 Å². The average molecular weight is 643 g/mol. The molecule has 0 aromatic rings. The van der Waals surface area contributed by atoms with Crippen LogP contribution >= 0.6 is 0 Å². The number of likely N-dealkylation sites (N-methyl/N-ethyl adjacent to an activating group) is 1. The smallest absolute Gasteiger partial charge is 0.0701 e. The minimum atomic E-state index is -0.377. The summed E-state index contributed by atoms with van der Waals surface area (Å²) in [6.07, 6.45) is 28.2. The van der Waals surface area contributed by atoms with E-state index < -0.39 is 0 Å². The van der Waals surface area contributed by atoms with E-state index in [9.17, 15) is 10.2 Å². The predicted molar refractivity (Wildman–Crippen MR) is 195 cm³/mol. The Bertz CT molecular complexity index is 529. The zero-order valence-electron chi connectivity index (χ0n) is 31.2. The Balaban J connectivity index is 4.42. The van der Waals surface area contributed by atoms with E-state index in [0.717, 1.165) is 25.9 Å². The molecule has 0 aromatic heterocycles. The van der Waals surface area contributed by atoms with Crippen LogP contribution < -0.4 is 5.32 Å². The number of ether oxygens (including phenoxy) is 2. The summed E-state index contributed by atoms with van der Waals surface area (Å²) in [5.41, 5.74) is 0. The Kier molecular flexibility index (Phi) is 34.9. The molecule has 272 valence electrons. The van der Waals surface area contributed by atoms with Gasteiger partial charge >= 0.3 is 0 Å². The van der Waals surface area contributed by atoms with Crippen LogP contribution in [-0.4, -0.2) is 87.0 Å². The molecule has 4 atom stereocenters. The first-order chi connectivity index (χ1) is 22.0. The number of nitrogens with one attached hydrogen (secondary N) is 1. The SMILES string of the molecule is CCCCCCCCCCCCC(C)C(O)CN(CCOCCOCCNC)CC(O)C(C)CCCCCCCCCCCC. The van der Waals surface area contributed by atoms with Gasteiger partial charge in [-0.25, -0.2) is 0 Å². The van der Waals surface area contributed by atoms with Crippen LogP contribution in [0.4, 0.5) is 0 Å². The first-order valence-corrected chi connectivity index (χ1v) is 19.8. The zero-order valence-corrected chi connectivity index (χ0v) is 31.2. The van der Waals surface area contributed by atoms with Crippen molar-refractivity contribution in [3.63, 3.8) is 0 Å². The van der Waals surface area contributed by atoms with Gasteiger partial charge in [-0.3, -0.25) is 4.90 Å². The lowest BCUT2D eigenvalue weighted by molar-refractivity contribution is 0.00272. The fourth-order valence-corrected chi connectivity index (χ4v) is 6.13. The molecule has 3 N–H and O–H groups in total. The summed E-state index contributed by atoms with van der Waals surface area (Å²) in [6.45, 7) is 14.2. The highest BCUT2D eigenvalue weighted by molar-refractivity contribution is 4.75. The van der Waals surface area contributed by atoms with Crippen molar-refractivity contribution in [3.05, 3.63) is 0 Å². The zero-order chi connectivity index (χ0) is 33.2. The summed E-state index contributed by atoms with van der Waals surface area (Å²) in [7, 11) is 1.92. The van der Waals surface area contributed by atoms with E-state index in [1.807, 2.05) is 7.05 Å². The van der Waals surface area contributed by atoms with Crippen molar-refractivity contribution in [2.45, 2.75) is 181 Å². The summed E-state index contributed by atoms with van der Waals surface area (Å²) < 4.78 is 11.4. The summed E-state index contributed by atoms with van der Waals surface area (Å²) in [4.78, 5) is 2.24. The van der Waals surface area contributed by atoms with Gasteiger partial charge in [0.1, 0.15) is 0 Å². The van der Waals surface area contributed by atoms with Crippen LogP contribution in [0.5, 0.6) is 0 Å². The van der Waals surface area contributed by atoms with Crippen molar-refractivity contribution >= 4 is 0 Å². The first kappa shape index (κ1) is 44.8. The van der Waals surface area contributed by atoms with E-state index in [4.69, 9.17) is 9.47 Å². The van der Waals surface area contributed by atoms with E-state index in [-0.39, 0.29) is 24.0 Å². The number of rotatable bonds is 37. The van der Waals surface area contributed by atoms with E-state index in [1.54, 1.807) is 0 Å². The van der Waals surface area contributed by atoms with Crippen molar-refractivity contribution in [2.75, 3.05) is 59.7 Å². The minimum Gasteiger partial charge on any atom is -0.392 e. The van der Waals surface area contributed by atoms with Crippen LogP contribution in [0.15, 0.2) is 0 Å². The van der Waals surface area contributed by atoms with Gasteiger partial charge in [0.2, 0.25) is 0 Å². The van der Waals surface area contributed by atoms with Gasteiger partial charge in [-0.15, -0.1) is 0 Å². The molecule has 0 aliphatic heterocycles. The third-order valence-electron chi connectivity index (χ3n) is 9.65. The average Bonchev–Trinajstić information content (AvgIpc) is 3.03. The molecule has 0 heterocycles. The van der Waals surface area contributed by atoms with Gasteiger partial charge < -0.3 is 25.0 Å². The summed E-state index contributed by atoms with van der Waals surface area (Å²) in [5, 5.41) is 25.3. The third kappa shape index (κ3) is 30.8. The van der Waals surface area contributed by atoms with Crippen molar-refractivity contribution < 1.29 is 19.7 Å². The molecule has 0 aliphatic carbocycles. The van der Waals surface area contributed by atoms with Crippen LogP contribution in [0.3, 0.4) is 0 Å². The first-order valence-electron chi connectivity index (χ1n) is 19.8. The highest BCUT2D eigenvalue weighted by atomic mass is 16.5. The van der Waals surface area contributed by atoms with Crippen LogP contribution in [0.2, 0.25) is 0 Å². The standard InChI is InChI=1S/C39H82N2O4/c1-6-8-10-12-14-16-18-20-22-24-26-36(3)38(42)34-41(29-31-45-33-32-44-30-28-40-5)35-39(43)37(4)27-25-23-21-19-17-15-13-11-9-7-2/h36-40,42-43H,6-35H2,1-5H3. The van der Waals surface area contributed by atoms with Gasteiger partial charge in [0.05, 0.1) is 38.6 Å². The van der Waals surface area contributed by atoms with Gasteiger partial charge in [-0.2, -0.15) is 0 Å². The normalized spacial score (nSPS) is 14.7. The van der Waals surface area contributed by atoms with E-state index in [1.165, 1.54) is 128 Å². The summed E-state index contributed by atoms with van der Waals surface area (Å²) in [6, 6.07) is 0. The molecule has 6 heteroatoms. The molecule has 45 heavy (non-hydrogen) atoms. The maximum Gasteiger partial charge on any atom is 0.0701 e. The van der Waals surface area contributed by atoms with Crippen molar-refractivity contribution in [3.8, 4) is 0 Å². The molecular formula is C39H82N2O4. The molecule has 0 radical (unpaired) electrons. The van der Waals surface area contributed by atoms with Crippen LogP contribution in [0.25, 0.3) is 0 Å². The van der Waals surface area contributed by atoms with E-state index in [2.05, 4.69) is 37.9 Å². The second-order valence-electron chi connectivity index (χ2n) is 14.1. The lowest BCUT2D eigenvalue weighted by Gasteiger charge is -2.31. The quantitative estimate of drug-likeness (QED) is 0.0587. The van der Waals surface area contributed by atoms with Gasteiger partial charge in [0.15, 0.2) is 0 Å². The monoisotopic (exact) mass is 643 g/mol. The van der Waals surface area contributed by atoms with E-state index >= 15 is 0 Å². The molecule has 0 saturated carbocycles. The Labute approximate surface area is 282 Å². The summed E-state index contributed by atoms with van der Waals surface area (Å²) >= 11 is 0. The maximum atomic E-state index is 11.1. The minimum absolute atomic E-state index is 0.268. The largest absolute Gasteiger partial charge is 0.392 e. The topological polar surface area (TPSA) is 74.2 Å². The van der Waals surface area contributed by atoms with Crippen molar-refractivity contribution in [1.29, 1.82) is 0 Å². The Hall–Kier alpha value is -0.240. The predicted octanol–water partition coefficient (Wildman–Crippen LogP) is 9.16. The Morgan fingerprint density at radius 1 is 0.511 bits per heavy atom. The molecule has 0 fully saturated rings. The Morgan fingerprint density at radius 3 is 1.24 bits per heavy atom. The number of hydrogen-bond acceptors (Lipinski definition) is 6. The van der Waals surface area contributed by atoms with Crippen LogP contribution in [-0.2, 0) is 9.47 Å². The van der Waals surface area contributed by atoms with Crippen molar-refractivity contribution in [2.24, 2.45) is 11.8 Å². The highest BCUT2D eigenvalue weighted by Gasteiger charge is 2.22. The van der Waals surface area contributed by atoms with Crippen molar-refractivity contribution in [1.82, 2.24) is 10.2 Å². The van der Waals surface area contributed by atoms with E-state index in [0.29, 0.717) is 39.5 Å². The number of aliphatic hydroxyl groups is 2. The van der Waals surface area contributed by atoms with Gasteiger partial charge in [-0.05, 0) is 31.7 Å². The summed E-state index contributed by atoms with van der Waals surface area (Å²) in [5.74, 6) is 0.536. The molecule has 0 saturated heterocycles. The van der Waals surface area contributed by atoms with Gasteiger partial charge in [0, 0.05) is 26.2 Å². The van der Waals surface area contributed by atoms with Gasteiger partial charge in [-0.1, -0.05) is 156 Å². The second kappa shape index (κ2) is 35.1. The second-order valence-corrected chi connectivity index (χ2v) is 14.1. The molecule has 0 rings (SSSR count). The number of nitrogens with zero attached hydrogens (tertiary/aromatic N) is 1. The molecular weight excluding hydrogens is 560 g/mol. The molecule has 0 bridgehead atoms. The third-order valence-corrected chi connectivity index (χ3v) is 9.65. The number of hydrogen-bond donors (Lipinski definition) is 3. The fourth-order valence-electron chi connectivity index (χ4n) is 6.13. The number of aliphatic hydroxyl groups excluding tert-OH is 2.